The first kappa shape index (κ1) is 16.1. The van der Waals surface area contributed by atoms with E-state index < -0.39 is 0 Å². The molecule has 0 amide bonds. The Kier molecular flexibility index (Phi) is 4.48. The van der Waals surface area contributed by atoms with Gasteiger partial charge < -0.3 is 0 Å². The third-order valence-electron chi connectivity index (χ3n) is 3.59. The predicted octanol–water partition coefficient (Wildman–Crippen LogP) is 3.98. The smallest absolute Gasteiger partial charge is 0.203 e. The zero-order valence-corrected chi connectivity index (χ0v) is 14.3. The first-order valence-electron chi connectivity index (χ1n) is 7.73. The predicted molar refractivity (Wildman–Crippen MR) is 100 cm³/mol. The monoisotopic (exact) mass is 364 g/mol. The lowest BCUT2D eigenvalue weighted by molar-refractivity contribution is 0.628. The van der Waals surface area contributed by atoms with Crippen molar-refractivity contribution in [2.45, 2.75) is 0 Å². The molecule has 4 aromatic rings. The first-order valence-corrected chi connectivity index (χ1v) is 8.61. The molecule has 4 rings (SSSR count). The topological polar surface area (TPSA) is 68.0 Å². The minimum Gasteiger partial charge on any atom is -0.253 e. The molecule has 0 atom stereocenters. The molecule has 0 aliphatic rings. The van der Waals surface area contributed by atoms with Crippen molar-refractivity contribution in [3.05, 3.63) is 77.9 Å². The molecule has 0 aliphatic carbocycles. The molecule has 0 saturated heterocycles. The molecule has 6 nitrogen and oxygen atoms in total. The van der Waals surface area contributed by atoms with Crippen LogP contribution in [0.2, 0.25) is 0 Å². The molecule has 0 radical (unpaired) electrons. The van der Waals surface area contributed by atoms with E-state index in [9.17, 15) is 4.39 Å². The van der Waals surface area contributed by atoms with Crippen molar-refractivity contribution in [2.75, 3.05) is 5.43 Å². The summed E-state index contributed by atoms with van der Waals surface area (Å²) in [6.45, 7) is 0. The van der Waals surface area contributed by atoms with E-state index in [0.717, 1.165) is 22.5 Å². The number of benzene rings is 2. The van der Waals surface area contributed by atoms with E-state index >= 15 is 0 Å². The van der Waals surface area contributed by atoms with Crippen LogP contribution in [-0.2, 0) is 0 Å². The SMILES string of the molecule is Fc1ccc(-c2csc(N/N=C/c3ccc(-n4cncn4)cc3)n2)cc1. The van der Waals surface area contributed by atoms with Crippen molar-refractivity contribution in [2.24, 2.45) is 5.10 Å². The Balaban J connectivity index is 1.40. The van der Waals surface area contributed by atoms with Crippen LogP contribution in [0.3, 0.4) is 0 Å². The molecule has 1 N–H and O–H groups in total. The van der Waals surface area contributed by atoms with Crippen molar-refractivity contribution in [3.63, 3.8) is 0 Å². The highest BCUT2D eigenvalue weighted by atomic mass is 32.1. The molecule has 128 valence electrons. The molecule has 2 heterocycles. The van der Waals surface area contributed by atoms with Crippen molar-refractivity contribution in [1.29, 1.82) is 0 Å². The van der Waals surface area contributed by atoms with Gasteiger partial charge in [0.25, 0.3) is 0 Å². The van der Waals surface area contributed by atoms with Crippen molar-refractivity contribution in [1.82, 2.24) is 19.7 Å². The lowest BCUT2D eigenvalue weighted by Crippen LogP contribution is -1.95. The molecule has 0 fully saturated rings. The molecule has 2 aromatic heterocycles. The van der Waals surface area contributed by atoms with E-state index in [4.69, 9.17) is 0 Å². The van der Waals surface area contributed by atoms with Crippen LogP contribution in [0, 0.1) is 5.82 Å². The van der Waals surface area contributed by atoms with Gasteiger partial charge in [-0.2, -0.15) is 10.2 Å². The number of halogens is 1. The number of rotatable bonds is 5. The van der Waals surface area contributed by atoms with E-state index in [2.05, 4.69) is 25.6 Å². The number of hydrogen-bond donors (Lipinski definition) is 1. The highest BCUT2D eigenvalue weighted by molar-refractivity contribution is 7.14. The van der Waals surface area contributed by atoms with Gasteiger partial charge in [-0.05, 0) is 42.0 Å². The van der Waals surface area contributed by atoms with Gasteiger partial charge >= 0.3 is 0 Å². The van der Waals surface area contributed by atoms with E-state index in [-0.39, 0.29) is 5.82 Å². The molecule has 0 bridgehead atoms. The number of nitrogens with one attached hydrogen (secondary N) is 1. The van der Waals surface area contributed by atoms with E-state index in [1.165, 1.54) is 29.8 Å². The summed E-state index contributed by atoms with van der Waals surface area (Å²) in [6, 6.07) is 14.0. The van der Waals surface area contributed by atoms with Crippen LogP contribution >= 0.6 is 11.3 Å². The van der Waals surface area contributed by atoms with Crippen LogP contribution in [-0.4, -0.2) is 26.0 Å². The normalized spacial score (nSPS) is 11.1. The maximum absolute atomic E-state index is 13.0. The molecule has 26 heavy (non-hydrogen) atoms. The Morgan fingerprint density at radius 1 is 1.08 bits per heavy atom. The van der Waals surface area contributed by atoms with Gasteiger partial charge in [-0.25, -0.2) is 19.0 Å². The van der Waals surface area contributed by atoms with Gasteiger partial charge in [0, 0.05) is 10.9 Å². The molecule has 8 heteroatoms. The van der Waals surface area contributed by atoms with Crippen LogP contribution in [0.15, 0.2) is 71.7 Å². The van der Waals surface area contributed by atoms with Crippen LogP contribution in [0.25, 0.3) is 16.9 Å². The van der Waals surface area contributed by atoms with Crippen molar-refractivity contribution in [3.8, 4) is 16.9 Å². The van der Waals surface area contributed by atoms with E-state index in [1.807, 2.05) is 29.6 Å². The Morgan fingerprint density at radius 2 is 1.88 bits per heavy atom. The summed E-state index contributed by atoms with van der Waals surface area (Å²) >= 11 is 1.44. The quantitative estimate of drug-likeness (QED) is 0.430. The zero-order valence-electron chi connectivity index (χ0n) is 13.5. The highest BCUT2D eigenvalue weighted by Crippen LogP contribution is 2.24. The average Bonchev–Trinajstić information content (AvgIpc) is 3.35. The minimum absolute atomic E-state index is 0.262. The summed E-state index contributed by atoms with van der Waals surface area (Å²) in [7, 11) is 0. The Morgan fingerprint density at radius 3 is 2.62 bits per heavy atom. The number of hydrazone groups is 1. The largest absolute Gasteiger partial charge is 0.253 e. The van der Waals surface area contributed by atoms with Crippen molar-refractivity contribution < 1.29 is 4.39 Å². The number of thiazole rings is 1. The van der Waals surface area contributed by atoms with Gasteiger partial charge in [-0.1, -0.05) is 12.1 Å². The third kappa shape index (κ3) is 3.65. The van der Waals surface area contributed by atoms with Crippen LogP contribution in [0.5, 0.6) is 0 Å². The second-order valence-electron chi connectivity index (χ2n) is 5.35. The number of aromatic nitrogens is 4. The average molecular weight is 364 g/mol. The maximum Gasteiger partial charge on any atom is 0.203 e. The number of anilines is 1. The highest BCUT2D eigenvalue weighted by Gasteiger charge is 2.04. The second kappa shape index (κ2) is 7.24. The summed E-state index contributed by atoms with van der Waals surface area (Å²) < 4.78 is 14.7. The molecule has 0 spiro atoms. The lowest BCUT2D eigenvalue weighted by atomic mass is 10.2. The molecular formula is C18H13FN6S. The summed E-state index contributed by atoms with van der Waals surface area (Å²) in [6.07, 6.45) is 4.85. The second-order valence-corrected chi connectivity index (χ2v) is 6.20. The van der Waals surface area contributed by atoms with E-state index in [1.54, 1.807) is 29.4 Å². The van der Waals surface area contributed by atoms with Crippen molar-refractivity contribution >= 4 is 22.7 Å². The molecular weight excluding hydrogens is 351 g/mol. The fraction of sp³-hybridized carbons (Fsp3) is 0. The summed E-state index contributed by atoms with van der Waals surface area (Å²) in [5.74, 6) is -0.262. The summed E-state index contributed by atoms with van der Waals surface area (Å²) in [5, 5.41) is 10.9. The summed E-state index contributed by atoms with van der Waals surface area (Å²) in [4.78, 5) is 8.37. The number of hydrogen-bond acceptors (Lipinski definition) is 6. The minimum atomic E-state index is -0.262. The Hall–Kier alpha value is -3.39. The van der Waals surface area contributed by atoms with Gasteiger partial charge in [0.1, 0.15) is 18.5 Å². The fourth-order valence-electron chi connectivity index (χ4n) is 2.30. The van der Waals surface area contributed by atoms with Gasteiger partial charge in [0.05, 0.1) is 17.6 Å². The molecule has 0 aliphatic heterocycles. The molecule has 0 unspecified atom stereocenters. The Bertz CT molecular complexity index is 1010. The first-order chi connectivity index (χ1) is 12.8. The van der Waals surface area contributed by atoms with Crippen LogP contribution < -0.4 is 5.43 Å². The van der Waals surface area contributed by atoms with Gasteiger partial charge in [-0.3, -0.25) is 5.43 Å². The van der Waals surface area contributed by atoms with Gasteiger partial charge in [0.2, 0.25) is 5.13 Å². The summed E-state index contributed by atoms with van der Waals surface area (Å²) in [5.41, 5.74) is 6.43. The molecule has 0 saturated carbocycles. The van der Waals surface area contributed by atoms with Gasteiger partial charge in [0.15, 0.2) is 0 Å². The lowest BCUT2D eigenvalue weighted by Gasteiger charge is -2.00. The zero-order chi connectivity index (χ0) is 17.8. The standard InChI is InChI=1S/C18H13FN6S/c19-15-5-3-14(4-6-15)17-10-26-18(23-17)24-21-9-13-1-7-16(8-2-13)25-12-20-11-22-25/h1-12H,(H,23,24)/b21-9+. The van der Waals surface area contributed by atoms with Crippen LogP contribution in [0.1, 0.15) is 5.56 Å². The Labute approximate surface area is 152 Å². The molecule has 2 aromatic carbocycles. The van der Waals surface area contributed by atoms with Gasteiger partial charge in [-0.15, -0.1) is 11.3 Å². The van der Waals surface area contributed by atoms with E-state index in [0.29, 0.717) is 5.13 Å². The maximum atomic E-state index is 13.0. The number of nitrogens with zero attached hydrogens (tertiary/aromatic N) is 5. The fourth-order valence-corrected chi connectivity index (χ4v) is 2.96. The third-order valence-corrected chi connectivity index (χ3v) is 4.34. The van der Waals surface area contributed by atoms with Crippen LogP contribution in [0.4, 0.5) is 9.52 Å².